The van der Waals surface area contributed by atoms with Gasteiger partial charge in [0, 0.05) is 0 Å². The number of aryl methyl sites for hydroxylation is 1. The lowest BCUT2D eigenvalue weighted by molar-refractivity contribution is -0.124. The summed E-state index contributed by atoms with van der Waals surface area (Å²) < 4.78 is 0. The van der Waals surface area contributed by atoms with Crippen LogP contribution in [0.1, 0.15) is 24.0 Å². The Morgan fingerprint density at radius 3 is 2.62 bits per heavy atom. The van der Waals surface area contributed by atoms with Crippen molar-refractivity contribution in [3.63, 3.8) is 0 Å². The highest BCUT2D eigenvalue weighted by molar-refractivity contribution is 5.87. The number of nitrogens with one attached hydrogen (secondary N) is 1. The number of nitrogens with two attached hydrogens (primary N) is 1. The van der Waals surface area contributed by atoms with E-state index in [1.165, 1.54) is 5.56 Å². The maximum Gasteiger partial charge on any atom is 0.228 e. The van der Waals surface area contributed by atoms with Crippen LogP contribution in [-0.4, -0.2) is 19.0 Å². The Bertz CT molecular complexity index is 395. The third kappa shape index (κ3) is 1.83. The van der Waals surface area contributed by atoms with E-state index in [2.05, 4.69) is 11.4 Å². The second-order valence-corrected chi connectivity index (χ2v) is 4.57. The minimum atomic E-state index is -0.461. The Balaban J connectivity index is 2.42. The van der Waals surface area contributed by atoms with Crippen molar-refractivity contribution in [1.82, 2.24) is 5.32 Å². The minimum Gasteiger partial charge on any atom is -0.369 e. The highest BCUT2D eigenvalue weighted by atomic mass is 16.1. The molecule has 1 amide bonds. The fourth-order valence-electron chi connectivity index (χ4n) is 2.47. The summed E-state index contributed by atoms with van der Waals surface area (Å²) in [4.78, 5) is 11.8. The SMILES string of the molecule is Cc1cccc(C2(C(N)=O)CCNCC2)c1. The molecule has 1 aromatic carbocycles. The molecule has 2 rings (SSSR count). The van der Waals surface area contributed by atoms with Crippen LogP contribution in [0, 0.1) is 6.92 Å². The number of amides is 1. The normalized spacial score (nSPS) is 19.3. The third-order valence-electron chi connectivity index (χ3n) is 3.50. The summed E-state index contributed by atoms with van der Waals surface area (Å²) in [5.74, 6) is -0.195. The van der Waals surface area contributed by atoms with Gasteiger partial charge >= 0.3 is 0 Å². The fraction of sp³-hybridized carbons (Fsp3) is 0.462. The van der Waals surface area contributed by atoms with Gasteiger partial charge in [-0.3, -0.25) is 4.79 Å². The van der Waals surface area contributed by atoms with Crippen LogP contribution in [0.5, 0.6) is 0 Å². The molecule has 1 aliphatic rings. The highest BCUT2D eigenvalue weighted by Gasteiger charge is 2.39. The van der Waals surface area contributed by atoms with Gasteiger partial charge in [-0.2, -0.15) is 0 Å². The van der Waals surface area contributed by atoms with Gasteiger partial charge in [-0.15, -0.1) is 0 Å². The molecule has 0 spiro atoms. The molecule has 16 heavy (non-hydrogen) atoms. The monoisotopic (exact) mass is 218 g/mol. The second kappa shape index (κ2) is 4.26. The van der Waals surface area contributed by atoms with Crippen molar-refractivity contribution < 1.29 is 4.79 Å². The Kier molecular flexibility index (Phi) is 2.97. The molecular formula is C13H18N2O. The zero-order valence-corrected chi connectivity index (χ0v) is 9.62. The van der Waals surface area contributed by atoms with Crippen LogP contribution in [0.25, 0.3) is 0 Å². The number of hydrogen-bond donors (Lipinski definition) is 2. The van der Waals surface area contributed by atoms with E-state index >= 15 is 0 Å². The zero-order valence-electron chi connectivity index (χ0n) is 9.62. The van der Waals surface area contributed by atoms with Crippen molar-refractivity contribution in [3.05, 3.63) is 35.4 Å². The Labute approximate surface area is 96.0 Å². The number of primary amides is 1. The van der Waals surface area contributed by atoms with E-state index in [4.69, 9.17) is 5.73 Å². The van der Waals surface area contributed by atoms with E-state index in [1.54, 1.807) is 0 Å². The number of carbonyl (C=O) groups excluding carboxylic acids is 1. The molecule has 0 saturated carbocycles. The first-order valence-electron chi connectivity index (χ1n) is 5.73. The molecule has 0 radical (unpaired) electrons. The standard InChI is InChI=1S/C13H18N2O/c1-10-3-2-4-11(9-10)13(12(14)16)5-7-15-8-6-13/h2-4,9,15H,5-8H2,1H3,(H2,14,16). The fourth-order valence-corrected chi connectivity index (χ4v) is 2.47. The molecule has 1 fully saturated rings. The quantitative estimate of drug-likeness (QED) is 0.781. The smallest absolute Gasteiger partial charge is 0.228 e. The average Bonchev–Trinajstić information content (AvgIpc) is 2.30. The number of hydrogen-bond acceptors (Lipinski definition) is 2. The molecule has 86 valence electrons. The first kappa shape index (κ1) is 11.1. The number of carbonyl (C=O) groups is 1. The highest BCUT2D eigenvalue weighted by Crippen LogP contribution is 2.33. The average molecular weight is 218 g/mol. The van der Waals surface area contributed by atoms with Crippen molar-refractivity contribution in [3.8, 4) is 0 Å². The summed E-state index contributed by atoms with van der Waals surface area (Å²) >= 11 is 0. The number of rotatable bonds is 2. The molecule has 3 N–H and O–H groups in total. The molecule has 0 unspecified atom stereocenters. The molecule has 1 aliphatic heterocycles. The second-order valence-electron chi connectivity index (χ2n) is 4.57. The summed E-state index contributed by atoms with van der Waals surface area (Å²) in [6, 6.07) is 8.13. The zero-order chi connectivity index (χ0) is 11.6. The summed E-state index contributed by atoms with van der Waals surface area (Å²) in [5, 5.41) is 3.27. The molecule has 0 aliphatic carbocycles. The first-order chi connectivity index (χ1) is 7.65. The summed E-state index contributed by atoms with van der Waals surface area (Å²) in [6.45, 7) is 3.76. The van der Waals surface area contributed by atoms with Crippen LogP contribution in [0.4, 0.5) is 0 Å². The van der Waals surface area contributed by atoms with Crippen molar-refractivity contribution in [2.45, 2.75) is 25.2 Å². The van der Waals surface area contributed by atoms with E-state index < -0.39 is 5.41 Å². The van der Waals surface area contributed by atoms with Crippen LogP contribution in [-0.2, 0) is 10.2 Å². The van der Waals surface area contributed by atoms with Gasteiger partial charge in [0.2, 0.25) is 5.91 Å². The van der Waals surface area contributed by atoms with E-state index in [-0.39, 0.29) is 5.91 Å². The molecule has 0 aromatic heterocycles. The van der Waals surface area contributed by atoms with Gasteiger partial charge in [0.05, 0.1) is 5.41 Å². The first-order valence-corrected chi connectivity index (χ1v) is 5.73. The van der Waals surface area contributed by atoms with E-state index in [9.17, 15) is 4.79 Å². The maximum absolute atomic E-state index is 11.8. The predicted octanol–water partition coefficient (Wildman–Crippen LogP) is 1.10. The van der Waals surface area contributed by atoms with Crippen LogP contribution < -0.4 is 11.1 Å². The Morgan fingerprint density at radius 1 is 1.38 bits per heavy atom. The lowest BCUT2D eigenvalue weighted by Gasteiger charge is -2.35. The van der Waals surface area contributed by atoms with Gasteiger partial charge < -0.3 is 11.1 Å². The Hall–Kier alpha value is -1.35. The van der Waals surface area contributed by atoms with Gasteiger partial charge in [-0.25, -0.2) is 0 Å². The van der Waals surface area contributed by atoms with Crippen molar-refractivity contribution in [2.24, 2.45) is 5.73 Å². The minimum absolute atomic E-state index is 0.195. The van der Waals surface area contributed by atoms with Crippen LogP contribution in [0.2, 0.25) is 0 Å². The molecule has 1 aromatic rings. The number of piperidine rings is 1. The van der Waals surface area contributed by atoms with Gasteiger partial charge in [0.15, 0.2) is 0 Å². The van der Waals surface area contributed by atoms with Crippen LogP contribution >= 0.6 is 0 Å². The molecule has 0 atom stereocenters. The van der Waals surface area contributed by atoms with Gasteiger partial charge in [-0.1, -0.05) is 29.8 Å². The van der Waals surface area contributed by atoms with E-state index in [0.29, 0.717) is 0 Å². The third-order valence-corrected chi connectivity index (χ3v) is 3.50. The van der Waals surface area contributed by atoms with Gasteiger partial charge in [-0.05, 0) is 38.4 Å². The maximum atomic E-state index is 11.8. The topological polar surface area (TPSA) is 55.1 Å². The van der Waals surface area contributed by atoms with Crippen LogP contribution in [0.3, 0.4) is 0 Å². The van der Waals surface area contributed by atoms with Crippen molar-refractivity contribution in [2.75, 3.05) is 13.1 Å². The number of benzene rings is 1. The van der Waals surface area contributed by atoms with Crippen molar-refractivity contribution >= 4 is 5.91 Å². The molecule has 3 heteroatoms. The largest absolute Gasteiger partial charge is 0.369 e. The predicted molar refractivity (Wildman–Crippen MR) is 64.2 cm³/mol. The summed E-state index contributed by atoms with van der Waals surface area (Å²) in [7, 11) is 0. The molecule has 3 nitrogen and oxygen atoms in total. The van der Waals surface area contributed by atoms with Gasteiger partial charge in [0.25, 0.3) is 0 Å². The molecular weight excluding hydrogens is 200 g/mol. The summed E-state index contributed by atoms with van der Waals surface area (Å²) in [6.07, 6.45) is 1.59. The molecule has 1 heterocycles. The lowest BCUT2D eigenvalue weighted by Crippen LogP contribution is -2.48. The summed E-state index contributed by atoms with van der Waals surface area (Å²) in [5.41, 5.74) is 7.40. The lowest BCUT2D eigenvalue weighted by atomic mass is 9.72. The Morgan fingerprint density at radius 2 is 2.06 bits per heavy atom. The van der Waals surface area contributed by atoms with Gasteiger partial charge in [0.1, 0.15) is 0 Å². The molecule has 1 saturated heterocycles. The van der Waals surface area contributed by atoms with Crippen molar-refractivity contribution in [1.29, 1.82) is 0 Å². The molecule has 0 bridgehead atoms. The van der Waals surface area contributed by atoms with E-state index in [0.717, 1.165) is 31.5 Å². The van der Waals surface area contributed by atoms with Crippen LogP contribution in [0.15, 0.2) is 24.3 Å². The van der Waals surface area contributed by atoms with E-state index in [1.807, 2.05) is 25.1 Å².